The second-order valence-electron chi connectivity index (χ2n) is 6.44. The number of urea groups is 1. The summed E-state index contributed by atoms with van der Waals surface area (Å²) in [4.78, 5) is 13.7. The van der Waals surface area contributed by atoms with Crippen LogP contribution < -0.4 is 5.32 Å². The zero-order valence-corrected chi connectivity index (χ0v) is 14.4. The summed E-state index contributed by atoms with van der Waals surface area (Å²) in [6, 6.07) is -0.0931. The molecule has 1 fully saturated rings. The molecule has 24 heavy (non-hydrogen) atoms. The number of carbonyl (C=O) groups is 1. The number of amides is 2. The Morgan fingerprint density at radius 1 is 1.46 bits per heavy atom. The maximum absolute atomic E-state index is 12.1. The molecule has 2 amide bonds. The van der Waals surface area contributed by atoms with Crippen LogP contribution in [0.1, 0.15) is 37.3 Å². The second kappa shape index (κ2) is 8.43. The molecule has 0 bridgehead atoms. The fourth-order valence-corrected chi connectivity index (χ4v) is 3.11. The minimum absolute atomic E-state index is 0.0931. The third kappa shape index (κ3) is 4.45. The number of aryl methyl sites for hydroxylation is 1. The Bertz CT molecular complexity index is 542. The summed E-state index contributed by atoms with van der Waals surface area (Å²) >= 11 is 0. The lowest BCUT2D eigenvalue weighted by molar-refractivity contribution is 0.0167. The van der Waals surface area contributed by atoms with Gasteiger partial charge in [0.15, 0.2) is 5.82 Å². The molecule has 1 aromatic heterocycles. The lowest BCUT2D eigenvalue weighted by atomic mass is 10.2. The van der Waals surface area contributed by atoms with Gasteiger partial charge in [0.1, 0.15) is 5.82 Å². The van der Waals surface area contributed by atoms with Gasteiger partial charge in [0.2, 0.25) is 0 Å². The summed E-state index contributed by atoms with van der Waals surface area (Å²) in [6.07, 6.45) is 5.37. The van der Waals surface area contributed by atoms with Crippen LogP contribution in [-0.4, -0.2) is 65.2 Å². The highest BCUT2D eigenvalue weighted by Crippen LogP contribution is 2.15. The van der Waals surface area contributed by atoms with Crippen LogP contribution in [0, 0.1) is 0 Å². The normalized spacial score (nSPS) is 19.5. The molecule has 1 N–H and O–H groups in total. The largest absolute Gasteiger partial charge is 0.379 e. The number of nitrogens with zero attached hydrogens (tertiary/aromatic N) is 4. The van der Waals surface area contributed by atoms with E-state index in [9.17, 15) is 4.79 Å². The number of carbonyl (C=O) groups excluding carboxylic acids is 1. The first-order valence-corrected chi connectivity index (χ1v) is 8.83. The van der Waals surface area contributed by atoms with Gasteiger partial charge in [-0.1, -0.05) is 0 Å². The van der Waals surface area contributed by atoms with Crippen molar-refractivity contribution in [1.29, 1.82) is 0 Å². The molecule has 1 saturated heterocycles. The van der Waals surface area contributed by atoms with Crippen molar-refractivity contribution in [3.63, 3.8) is 0 Å². The van der Waals surface area contributed by atoms with Crippen LogP contribution in [0.3, 0.4) is 0 Å². The predicted octanol–water partition coefficient (Wildman–Crippen LogP) is 0.951. The van der Waals surface area contributed by atoms with Gasteiger partial charge >= 0.3 is 6.03 Å². The minimum atomic E-state index is -0.0931. The van der Waals surface area contributed by atoms with Crippen LogP contribution in [-0.2, 0) is 29.0 Å². The molecule has 0 aromatic carbocycles. The Balaban J connectivity index is 1.28. The fourth-order valence-electron chi connectivity index (χ4n) is 3.11. The number of ether oxygens (including phenoxy) is 2. The summed E-state index contributed by atoms with van der Waals surface area (Å²) in [5.74, 6) is 1.89. The smallest absolute Gasteiger partial charge is 0.317 e. The summed E-state index contributed by atoms with van der Waals surface area (Å²) in [5, 5.41) is 11.3. The first kappa shape index (κ1) is 17.2. The van der Waals surface area contributed by atoms with Gasteiger partial charge in [0.25, 0.3) is 0 Å². The van der Waals surface area contributed by atoms with Crippen molar-refractivity contribution < 1.29 is 14.3 Å². The first-order chi connectivity index (χ1) is 11.7. The highest BCUT2D eigenvalue weighted by atomic mass is 16.5. The van der Waals surface area contributed by atoms with Gasteiger partial charge in [-0.15, -0.1) is 10.2 Å². The molecule has 0 saturated carbocycles. The quantitative estimate of drug-likeness (QED) is 0.714. The van der Waals surface area contributed by atoms with E-state index in [-0.39, 0.29) is 12.1 Å². The van der Waals surface area contributed by atoms with E-state index < -0.39 is 0 Å². The van der Waals surface area contributed by atoms with Crippen LogP contribution in [0.4, 0.5) is 4.79 Å². The van der Waals surface area contributed by atoms with Crippen LogP contribution in [0.5, 0.6) is 0 Å². The fraction of sp³-hybridized carbons (Fsp3) is 0.812. The molecule has 8 heteroatoms. The lowest BCUT2D eigenvalue weighted by Gasteiger charge is -2.17. The molecular formula is C16H27N5O3. The van der Waals surface area contributed by atoms with Crippen LogP contribution in [0.2, 0.25) is 0 Å². The van der Waals surface area contributed by atoms with E-state index in [0.29, 0.717) is 26.3 Å². The average molecular weight is 337 g/mol. The topological polar surface area (TPSA) is 81.5 Å². The molecule has 3 rings (SSSR count). The van der Waals surface area contributed by atoms with E-state index in [4.69, 9.17) is 9.47 Å². The molecule has 2 aliphatic heterocycles. The van der Waals surface area contributed by atoms with Gasteiger partial charge in [-0.2, -0.15) is 0 Å². The van der Waals surface area contributed by atoms with Gasteiger partial charge in [0.05, 0.1) is 19.3 Å². The lowest BCUT2D eigenvalue weighted by Crippen LogP contribution is -2.38. The number of rotatable bonds is 8. The van der Waals surface area contributed by atoms with E-state index in [2.05, 4.69) is 20.1 Å². The Hall–Kier alpha value is -1.67. The van der Waals surface area contributed by atoms with E-state index in [1.165, 1.54) is 0 Å². The molecule has 1 unspecified atom stereocenters. The highest BCUT2D eigenvalue weighted by molar-refractivity contribution is 5.73. The van der Waals surface area contributed by atoms with Gasteiger partial charge in [-0.05, 0) is 25.7 Å². The second-order valence-corrected chi connectivity index (χ2v) is 6.44. The van der Waals surface area contributed by atoms with Crippen molar-refractivity contribution in [2.24, 2.45) is 0 Å². The third-order valence-corrected chi connectivity index (χ3v) is 4.48. The first-order valence-electron chi connectivity index (χ1n) is 8.83. The minimum Gasteiger partial charge on any atom is -0.379 e. The number of hydrogen-bond donors (Lipinski definition) is 1. The standard InChI is InChI=1S/C16H27N5O3/c1-20(11-15-19-18-14-6-2-8-21(14)15)16(22)17-7-4-9-23-12-13-5-3-10-24-13/h13H,2-12H2,1H3,(H,17,22). The number of aromatic nitrogens is 3. The average Bonchev–Trinajstić information content (AvgIpc) is 3.30. The number of nitrogens with one attached hydrogen (secondary N) is 1. The van der Waals surface area contributed by atoms with Crippen LogP contribution in [0.25, 0.3) is 0 Å². The van der Waals surface area contributed by atoms with Gasteiger partial charge in [0, 0.05) is 39.8 Å². The monoisotopic (exact) mass is 337 g/mol. The Morgan fingerprint density at radius 3 is 3.21 bits per heavy atom. The molecule has 0 spiro atoms. The summed E-state index contributed by atoms with van der Waals surface area (Å²) < 4.78 is 13.2. The molecule has 2 aliphatic rings. The number of fused-ring (bicyclic) bond motifs is 1. The van der Waals surface area contributed by atoms with Crippen LogP contribution >= 0.6 is 0 Å². The molecule has 8 nitrogen and oxygen atoms in total. The van der Waals surface area contributed by atoms with Crippen molar-refractivity contribution in [1.82, 2.24) is 25.0 Å². The van der Waals surface area contributed by atoms with Crippen molar-refractivity contribution >= 4 is 6.03 Å². The zero-order valence-electron chi connectivity index (χ0n) is 14.4. The maximum atomic E-state index is 12.1. The van der Waals surface area contributed by atoms with E-state index in [1.54, 1.807) is 11.9 Å². The van der Waals surface area contributed by atoms with Crippen molar-refractivity contribution in [2.45, 2.75) is 51.3 Å². The summed E-state index contributed by atoms with van der Waals surface area (Å²) in [7, 11) is 1.78. The molecule has 0 radical (unpaired) electrons. The van der Waals surface area contributed by atoms with E-state index in [0.717, 1.165) is 56.9 Å². The molecule has 3 heterocycles. The summed E-state index contributed by atoms with van der Waals surface area (Å²) in [6.45, 7) is 4.19. The van der Waals surface area contributed by atoms with Gasteiger partial charge in [-0.3, -0.25) is 0 Å². The van der Waals surface area contributed by atoms with Gasteiger partial charge < -0.3 is 24.3 Å². The third-order valence-electron chi connectivity index (χ3n) is 4.48. The molecule has 0 aliphatic carbocycles. The highest BCUT2D eigenvalue weighted by Gasteiger charge is 2.19. The maximum Gasteiger partial charge on any atom is 0.317 e. The summed E-state index contributed by atoms with van der Waals surface area (Å²) in [5.41, 5.74) is 0. The SMILES string of the molecule is CN(Cc1nnc2n1CCC2)C(=O)NCCCOCC1CCCO1. The number of hydrogen-bond acceptors (Lipinski definition) is 5. The molecule has 1 aromatic rings. The van der Waals surface area contributed by atoms with Crippen molar-refractivity contribution in [3.8, 4) is 0 Å². The van der Waals surface area contributed by atoms with E-state index in [1.807, 2.05) is 0 Å². The van der Waals surface area contributed by atoms with Crippen LogP contribution in [0.15, 0.2) is 0 Å². The predicted molar refractivity (Wildman–Crippen MR) is 87.6 cm³/mol. The molecular weight excluding hydrogens is 310 g/mol. The molecule has 1 atom stereocenters. The Labute approximate surface area is 142 Å². The van der Waals surface area contributed by atoms with E-state index >= 15 is 0 Å². The van der Waals surface area contributed by atoms with Gasteiger partial charge in [-0.25, -0.2) is 4.79 Å². The molecule has 134 valence electrons. The Morgan fingerprint density at radius 2 is 2.38 bits per heavy atom. The zero-order chi connectivity index (χ0) is 16.8. The Kier molecular flexibility index (Phi) is 6.03. The van der Waals surface area contributed by atoms with Crippen molar-refractivity contribution in [3.05, 3.63) is 11.6 Å². The van der Waals surface area contributed by atoms with Crippen molar-refractivity contribution in [2.75, 3.05) is 33.4 Å².